The number of aryl methyl sites for hydroxylation is 1. The predicted octanol–water partition coefficient (Wildman–Crippen LogP) is 2.21. The summed E-state index contributed by atoms with van der Waals surface area (Å²) in [6, 6.07) is 0. The number of carbonyl (C=O) groups excluding carboxylic acids is 1. The quantitative estimate of drug-likeness (QED) is 0.933. The second-order valence-corrected chi connectivity index (χ2v) is 6.94. The van der Waals surface area contributed by atoms with E-state index in [4.69, 9.17) is 0 Å². The lowest BCUT2D eigenvalue weighted by atomic mass is 10.2. The molecule has 2 aromatic rings. The second-order valence-electron chi connectivity index (χ2n) is 5.94. The molecule has 2 aromatic heterocycles. The van der Waals surface area contributed by atoms with Gasteiger partial charge in [0, 0.05) is 26.2 Å². The molecule has 0 unspecified atom stereocenters. The number of anilines is 1. The normalized spacial score (nSPS) is 16.6. The van der Waals surface area contributed by atoms with Crippen molar-refractivity contribution in [3.05, 3.63) is 16.8 Å². The van der Waals surface area contributed by atoms with Crippen molar-refractivity contribution in [3.63, 3.8) is 0 Å². The zero-order valence-corrected chi connectivity index (χ0v) is 14.7. The molecule has 7 heteroatoms. The van der Waals surface area contributed by atoms with Gasteiger partial charge < -0.3 is 15.1 Å². The first-order valence-electron chi connectivity index (χ1n) is 8.07. The molecule has 0 saturated carbocycles. The third-order valence-corrected chi connectivity index (χ3v) is 5.46. The summed E-state index contributed by atoms with van der Waals surface area (Å²) in [6.07, 6.45) is 2.58. The lowest BCUT2D eigenvalue weighted by molar-refractivity contribution is 0.0767. The van der Waals surface area contributed by atoms with Crippen LogP contribution in [-0.4, -0.2) is 65.4 Å². The van der Waals surface area contributed by atoms with Crippen LogP contribution in [0.15, 0.2) is 6.33 Å². The van der Waals surface area contributed by atoms with Gasteiger partial charge in [0.2, 0.25) is 0 Å². The lowest BCUT2D eigenvalue weighted by Gasteiger charge is -2.20. The first-order chi connectivity index (χ1) is 11.1. The van der Waals surface area contributed by atoms with Crippen LogP contribution >= 0.6 is 11.3 Å². The molecule has 0 bridgehead atoms. The number of hydrogen-bond acceptors (Lipinski definition) is 6. The number of carbonyl (C=O) groups is 1. The Hall–Kier alpha value is -1.73. The summed E-state index contributed by atoms with van der Waals surface area (Å²) in [5, 5.41) is 4.24. The molecule has 1 aliphatic rings. The Bertz CT molecular complexity index is 714. The average Bonchev–Trinajstić information content (AvgIpc) is 2.73. The van der Waals surface area contributed by atoms with Gasteiger partial charge in [0.05, 0.1) is 10.3 Å². The number of nitrogens with zero attached hydrogens (tertiary/aromatic N) is 4. The van der Waals surface area contributed by atoms with Gasteiger partial charge >= 0.3 is 0 Å². The molecule has 6 nitrogen and oxygen atoms in total. The van der Waals surface area contributed by atoms with Crippen LogP contribution in [0.25, 0.3) is 10.2 Å². The summed E-state index contributed by atoms with van der Waals surface area (Å²) < 4.78 is 0. The number of thiophene rings is 1. The minimum atomic E-state index is 0.128. The fourth-order valence-corrected chi connectivity index (χ4v) is 4.09. The summed E-state index contributed by atoms with van der Waals surface area (Å²) >= 11 is 1.48. The number of aromatic nitrogens is 2. The van der Waals surface area contributed by atoms with Crippen molar-refractivity contribution in [2.45, 2.75) is 20.3 Å². The van der Waals surface area contributed by atoms with Crippen molar-refractivity contribution in [2.24, 2.45) is 0 Å². The Morgan fingerprint density at radius 1 is 1.30 bits per heavy atom. The average molecular weight is 333 g/mol. The Balaban J connectivity index is 1.94. The Morgan fingerprint density at radius 3 is 2.91 bits per heavy atom. The minimum Gasteiger partial charge on any atom is -0.370 e. The molecule has 1 fully saturated rings. The summed E-state index contributed by atoms with van der Waals surface area (Å²) in [7, 11) is 2.11. The van der Waals surface area contributed by atoms with E-state index in [1.807, 2.05) is 18.7 Å². The van der Waals surface area contributed by atoms with Crippen LogP contribution in [0.5, 0.6) is 0 Å². The molecular formula is C16H23N5OS. The number of likely N-dealkylation sites (N-methyl/N-ethyl adjacent to an activating group) is 1. The van der Waals surface area contributed by atoms with E-state index < -0.39 is 0 Å². The summed E-state index contributed by atoms with van der Waals surface area (Å²) in [5.74, 6) is 0.948. The van der Waals surface area contributed by atoms with Gasteiger partial charge in [-0.3, -0.25) is 4.79 Å². The van der Waals surface area contributed by atoms with Gasteiger partial charge in [-0.2, -0.15) is 0 Å². The monoisotopic (exact) mass is 333 g/mol. The van der Waals surface area contributed by atoms with Crippen LogP contribution in [0.2, 0.25) is 0 Å². The maximum atomic E-state index is 13.0. The lowest BCUT2D eigenvalue weighted by Crippen LogP contribution is -2.34. The minimum absolute atomic E-state index is 0.128. The Kier molecular flexibility index (Phi) is 4.77. The second kappa shape index (κ2) is 6.80. The van der Waals surface area contributed by atoms with Crippen molar-refractivity contribution >= 4 is 33.3 Å². The van der Waals surface area contributed by atoms with Crippen LogP contribution in [0, 0.1) is 6.92 Å². The molecular weight excluding hydrogens is 310 g/mol. The Morgan fingerprint density at radius 2 is 2.13 bits per heavy atom. The molecule has 0 spiro atoms. The molecule has 0 aliphatic carbocycles. The molecule has 3 heterocycles. The highest BCUT2D eigenvalue weighted by atomic mass is 32.1. The molecule has 1 amide bonds. The van der Waals surface area contributed by atoms with Gasteiger partial charge in [-0.05, 0) is 39.4 Å². The van der Waals surface area contributed by atoms with Gasteiger partial charge in [-0.1, -0.05) is 0 Å². The zero-order chi connectivity index (χ0) is 16.4. The molecule has 1 N–H and O–H groups in total. The van der Waals surface area contributed by atoms with E-state index in [2.05, 4.69) is 27.2 Å². The largest absolute Gasteiger partial charge is 0.370 e. The topological polar surface area (TPSA) is 61.4 Å². The van der Waals surface area contributed by atoms with Crippen LogP contribution in [0.1, 0.15) is 28.6 Å². The molecule has 0 radical (unpaired) electrons. The highest BCUT2D eigenvalue weighted by Gasteiger charge is 2.24. The fraction of sp³-hybridized carbons (Fsp3) is 0.562. The van der Waals surface area contributed by atoms with Crippen LogP contribution in [0.3, 0.4) is 0 Å². The van der Waals surface area contributed by atoms with E-state index in [9.17, 15) is 4.79 Å². The van der Waals surface area contributed by atoms with Gasteiger partial charge in [0.15, 0.2) is 0 Å². The smallest absolute Gasteiger partial charge is 0.264 e. The third-order valence-electron chi connectivity index (χ3n) is 4.27. The van der Waals surface area contributed by atoms with Gasteiger partial charge in [0.1, 0.15) is 17.0 Å². The molecule has 0 aromatic carbocycles. The number of nitrogens with one attached hydrogen (secondary N) is 1. The van der Waals surface area contributed by atoms with E-state index in [1.165, 1.54) is 11.3 Å². The highest BCUT2D eigenvalue weighted by Crippen LogP contribution is 2.34. The van der Waals surface area contributed by atoms with E-state index in [0.717, 1.165) is 65.6 Å². The first-order valence-corrected chi connectivity index (χ1v) is 8.89. The highest BCUT2D eigenvalue weighted by molar-refractivity contribution is 7.20. The maximum absolute atomic E-state index is 13.0. The van der Waals surface area contributed by atoms with Crippen molar-refractivity contribution < 1.29 is 4.79 Å². The standard InChI is InChI=1S/C16H23N5OS/c1-4-17-14-12-11(2)13(23-15(12)19-10-18-14)16(22)21-7-5-6-20(3)8-9-21/h10H,4-9H2,1-3H3,(H,17,18,19). The van der Waals surface area contributed by atoms with E-state index >= 15 is 0 Å². The fourth-order valence-electron chi connectivity index (χ4n) is 2.97. The molecule has 3 rings (SSSR count). The van der Waals surface area contributed by atoms with Crippen molar-refractivity contribution in [1.82, 2.24) is 19.8 Å². The van der Waals surface area contributed by atoms with Crippen LogP contribution in [0.4, 0.5) is 5.82 Å². The summed E-state index contributed by atoms with van der Waals surface area (Å²) in [4.78, 5) is 27.6. The van der Waals surface area contributed by atoms with E-state index in [0.29, 0.717) is 0 Å². The zero-order valence-electron chi connectivity index (χ0n) is 13.9. The maximum Gasteiger partial charge on any atom is 0.264 e. The van der Waals surface area contributed by atoms with Crippen LogP contribution < -0.4 is 5.32 Å². The first kappa shape index (κ1) is 16.1. The molecule has 0 atom stereocenters. The summed E-state index contributed by atoms with van der Waals surface area (Å²) in [6.45, 7) is 8.42. The van der Waals surface area contributed by atoms with Crippen molar-refractivity contribution in [2.75, 3.05) is 45.1 Å². The van der Waals surface area contributed by atoms with Crippen molar-refractivity contribution in [3.8, 4) is 0 Å². The third kappa shape index (κ3) is 3.16. The molecule has 23 heavy (non-hydrogen) atoms. The molecule has 1 aliphatic heterocycles. The Labute approximate surface area is 140 Å². The van der Waals surface area contributed by atoms with Gasteiger partial charge in [0.25, 0.3) is 5.91 Å². The number of fused-ring (bicyclic) bond motifs is 1. The number of amides is 1. The van der Waals surface area contributed by atoms with E-state index in [1.54, 1.807) is 6.33 Å². The van der Waals surface area contributed by atoms with Crippen LogP contribution in [-0.2, 0) is 0 Å². The molecule has 1 saturated heterocycles. The van der Waals surface area contributed by atoms with E-state index in [-0.39, 0.29) is 5.91 Å². The number of rotatable bonds is 3. The predicted molar refractivity (Wildman–Crippen MR) is 94.3 cm³/mol. The van der Waals surface area contributed by atoms with Gasteiger partial charge in [-0.25, -0.2) is 9.97 Å². The van der Waals surface area contributed by atoms with Crippen molar-refractivity contribution in [1.29, 1.82) is 0 Å². The number of hydrogen-bond donors (Lipinski definition) is 1. The van der Waals surface area contributed by atoms with Gasteiger partial charge in [-0.15, -0.1) is 11.3 Å². The SMILES string of the molecule is CCNc1ncnc2sc(C(=O)N3CCCN(C)CC3)c(C)c12. The summed E-state index contributed by atoms with van der Waals surface area (Å²) in [5.41, 5.74) is 0.990. The molecule has 124 valence electrons.